The van der Waals surface area contributed by atoms with E-state index in [1.165, 1.54) is 12.8 Å². The van der Waals surface area contributed by atoms with E-state index < -0.39 is 0 Å². The molecule has 0 spiro atoms. The fourth-order valence-electron chi connectivity index (χ4n) is 2.10. The van der Waals surface area contributed by atoms with E-state index in [-0.39, 0.29) is 11.5 Å². The number of hydrogen-bond donors (Lipinski definition) is 1. The van der Waals surface area contributed by atoms with E-state index in [0.717, 1.165) is 23.1 Å². The molecule has 0 amide bonds. The van der Waals surface area contributed by atoms with Crippen LogP contribution in [0.25, 0.3) is 0 Å². The van der Waals surface area contributed by atoms with Crippen molar-refractivity contribution < 1.29 is 0 Å². The van der Waals surface area contributed by atoms with Crippen LogP contribution < -0.4 is 5.32 Å². The van der Waals surface area contributed by atoms with Gasteiger partial charge >= 0.3 is 0 Å². The largest absolute Gasteiger partial charge is 0.365 e. The highest BCUT2D eigenvalue weighted by Crippen LogP contribution is 2.41. The minimum atomic E-state index is 0.0801. The number of halogens is 1. The van der Waals surface area contributed by atoms with Gasteiger partial charge < -0.3 is 5.32 Å². The smallest absolute Gasteiger partial charge is 0.137 e. The van der Waals surface area contributed by atoms with Crippen molar-refractivity contribution in [1.29, 1.82) is 0 Å². The number of rotatable bonds is 4. The summed E-state index contributed by atoms with van der Waals surface area (Å²) in [7, 11) is 0. The first-order valence-corrected chi connectivity index (χ1v) is 7.01. The Balaban J connectivity index is 2.31. The molecule has 1 fully saturated rings. The Morgan fingerprint density at radius 2 is 1.89 bits per heavy atom. The first kappa shape index (κ1) is 13.6. The molecule has 1 N–H and O–H groups in total. The van der Waals surface area contributed by atoms with Crippen molar-refractivity contribution in [3.63, 3.8) is 0 Å². The molecular formula is C14H22ClN3. The number of aromatic nitrogens is 2. The van der Waals surface area contributed by atoms with Gasteiger partial charge in [0.05, 0.1) is 0 Å². The zero-order chi connectivity index (χ0) is 13.5. The Kier molecular flexibility index (Phi) is 3.54. The van der Waals surface area contributed by atoms with Gasteiger partial charge in [0.1, 0.15) is 16.8 Å². The summed E-state index contributed by atoms with van der Waals surface area (Å²) in [6.07, 6.45) is 2.60. The summed E-state index contributed by atoms with van der Waals surface area (Å²) < 4.78 is 0. The molecule has 1 aliphatic carbocycles. The van der Waals surface area contributed by atoms with Crippen molar-refractivity contribution in [2.45, 2.75) is 58.9 Å². The van der Waals surface area contributed by atoms with Crippen LogP contribution in [0, 0.1) is 12.8 Å². The fraction of sp³-hybridized carbons (Fsp3) is 0.714. The van der Waals surface area contributed by atoms with Gasteiger partial charge in [0.2, 0.25) is 0 Å². The summed E-state index contributed by atoms with van der Waals surface area (Å²) in [6.45, 7) is 10.6. The van der Waals surface area contributed by atoms with E-state index >= 15 is 0 Å². The van der Waals surface area contributed by atoms with Crippen LogP contribution in [0.15, 0.2) is 0 Å². The summed E-state index contributed by atoms with van der Waals surface area (Å²) in [5, 5.41) is 4.11. The Morgan fingerprint density at radius 1 is 1.28 bits per heavy atom. The molecule has 0 bridgehead atoms. The van der Waals surface area contributed by atoms with E-state index in [9.17, 15) is 0 Å². The first-order valence-electron chi connectivity index (χ1n) is 6.63. The second-order valence-electron chi connectivity index (χ2n) is 6.12. The maximum atomic E-state index is 6.20. The summed E-state index contributed by atoms with van der Waals surface area (Å²) in [6, 6.07) is 0. The maximum absolute atomic E-state index is 6.20. The molecule has 1 aromatic rings. The van der Waals surface area contributed by atoms with E-state index in [0.29, 0.717) is 5.15 Å². The van der Waals surface area contributed by atoms with Gasteiger partial charge in [0.15, 0.2) is 0 Å². The highest BCUT2D eigenvalue weighted by Gasteiger charge is 2.38. The number of nitrogens with one attached hydrogen (secondary N) is 1. The quantitative estimate of drug-likeness (QED) is 0.833. The third kappa shape index (κ3) is 2.77. The lowest BCUT2D eigenvalue weighted by molar-refractivity contribution is 0.491. The predicted octanol–water partition coefficient (Wildman–Crippen LogP) is 4.16. The van der Waals surface area contributed by atoms with Crippen molar-refractivity contribution in [2.75, 3.05) is 5.32 Å². The predicted molar refractivity (Wildman–Crippen MR) is 76.3 cm³/mol. The van der Waals surface area contributed by atoms with Crippen molar-refractivity contribution in [2.24, 2.45) is 5.92 Å². The molecular weight excluding hydrogens is 246 g/mol. The lowest BCUT2D eigenvalue weighted by Gasteiger charge is -2.28. The molecule has 100 valence electrons. The molecule has 0 saturated heterocycles. The summed E-state index contributed by atoms with van der Waals surface area (Å²) in [5.41, 5.74) is 1.02. The molecule has 0 atom stereocenters. The Morgan fingerprint density at radius 3 is 2.39 bits per heavy atom. The average Bonchev–Trinajstić information content (AvgIpc) is 3.07. The van der Waals surface area contributed by atoms with Gasteiger partial charge in [-0.2, -0.15) is 0 Å². The van der Waals surface area contributed by atoms with Gasteiger partial charge in [-0.15, -0.1) is 0 Å². The SMILES string of the molecule is Cc1c(Cl)nc(C(C)C)nc1NC(C)(C)C1CC1. The monoisotopic (exact) mass is 267 g/mol. The van der Waals surface area contributed by atoms with E-state index in [2.05, 4.69) is 43.0 Å². The molecule has 18 heavy (non-hydrogen) atoms. The molecule has 2 rings (SSSR count). The molecule has 1 aliphatic rings. The third-order valence-corrected chi connectivity index (χ3v) is 4.03. The third-order valence-electron chi connectivity index (χ3n) is 3.66. The molecule has 1 saturated carbocycles. The highest BCUT2D eigenvalue weighted by molar-refractivity contribution is 6.30. The normalized spacial score (nSPS) is 16.2. The Hall–Kier alpha value is -0.830. The second kappa shape index (κ2) is 4.69. The molecule has 0 aromatic carbocycles. The zero-order valence-electron chi connectivity index (χ0n) is 11.8. The summed E-state index contributed by atoms with van der Waals surface area (Å²) >= 11 is 6.20. The summed E-state index contributed by atoms with van der Waals surface area (Å²) in [4.78, 5) is 8.96. The summed E-state index contributed by atoms with van der Waals surface area (Å²) in [5.74, 6) is 2.72. The van der Waals surface area contributed by atoms with Gasteiger partial charge in [-0.25, -0.2) is 9.97 Å². The molecule has 4 heteroatoms. The van der Waals surface area contributed by atoms with Crippen LogP contribution in [-0.4, -0.2) is 15.5 Å². The van der Waals surface area contributed by atoms with Gasteiger partial charge in [0, 0.05) is 17.0 Å². The molecule has 0 aliphatic heterocycles. The van der Waals surface area contributed by atoms with Crippen LogP contribution in [0.4, 0.5) is 5.82 Å². The first-order chi connectivity index (χ1) is 8.31. The number of hydrogen-bond acceptors (Lipinski definition) is 3. The standard InChI is InChI=1S/C14H22ClN3/c1-8(2)12-16-11(15)9(3)13(17-12)18-14(4,5)10-6-7-10/h8,10H,6-7H2,1-5H3,(H,16,17,18). The Labute approximate surface area is 114 Å². The topological polar surface area (TPSA) is 37.8 Å². The molecule has 1 aromatic heterocycles. The van der Waals surface area contributed by atoms with Gasteiger partial charge in [-0.05, 0) is 39.5 Å². The molecule has 0 unspecified atom stereocenters. The second-order valence-corrected chi connectivity index (χ2v) is 6.48. The lowest BCUT2D eigenvalue weighted by atomic mass is 9.98. The van der Waals surface area contributed by atoms with Crippen molar-refractivity contribution in [1.82, 2.24) is 9.97 Å². The minimum Gasteiger partial charge on any atom is -0.365 e. The average molecular weight is 268 g/mol. The number of anilines is 1. The van der Waals surface area contributed by atoms with Crippen LogP contribution in [0.1, 0.15) is 57.8 Å². The van der Waals surface area contributed by atoms with Crippen LogP contribution in [0.3, 0.4) is 0 Å². The number of nitrogens with zero attached hydrogens (tertiary/aromatic N) is 2. The van der Waals surface area contributed by atoms with Gasteiger partial charge in [-0.3, -0.25) is 0 Å². The lowest BCUT2D eigenvalue weighted by Crippen LogP contribution is -2.34. The highest BCUT2D eigenvalue weighted by atomic mass is 35.5. The maximum Gasteiger partial charge on any atom is 0.137 e. The zero-order valence-corrected chi connectivity index (χ0v) is 12.6. The van der Waals surface area contributed by atoms with E-state index in [4.69, 9.17) is 11.6 Å². The van der Waals surface area contributed by atoms with Gasteiger partial charge in [0.25, 0.3) is 0 Å². The molecule has 1 heterocycles. The van der Waals surface area contributed by atoms with Crippen LogP contribution in [0.5, 0.6) is 0 Å². The fourth-order valence-corrected chi connectivity index (χ4v) is 2.27. The Bertz CT molecular complexity index is 451. The van der Waals surface area contributed by atoms with E-state index in [1.54, 1.807) is 0 Å². The molecule has 0 radical (unpaired) electrons. The van der Waals surface area contributed by atoms with Crippen LogP contribution >= 0.6 is 11.6 Å². The van der Waals surface area contributed by atoms with Crippen molar-refractivity contribution in [3.8, 4) is 0 Å². The molecule has 3 nitrogen and oxygen atoms in total. The van der Waals surface area contributed by atoms with Crippen molar-refractivity contribution >= 4 is 17.4 Å². The van der Waals surface area contributed by atoms with Crippen molar-refractivity contribution in [3.05, 3.63) is 16.5 Å². The van der Waals surface area contributed by atoms with Crippen LogP contribution in [-0.2, 0) is 0 Å². The van der Waals surface area contributed by atoms with Gasteiger partial charge in [-0.1, -0.05) is 25.4 Å². The minimum absolute atomic E-state index is 0.0801. The van der Waals surface area contributed by atoms with E-state index in [1.807, 2.05) is 6.92 Å². The van der Waals surface area contributed by atoms with Crippen LogP contribution in [0.2, 0.25) is 5.15 Å².